The van der Waals surface area contributed by atoms with Crippen LogP contribution in [0.25, 0.3) is 10.9 Å². The van der Waals surface area contributed by atoms with Gasteiger partial charge in [-0.3, -0.25) is 4.79 Å². The van der Waals surface area contributed by atoms with Crippen LogP contribution in [0.15, 0.2) is 79.0 Å². The summed E-state index contributed by atoms with van der Waals surface area (Å²) in [4.78, 5) is 24.2. The van der Waals surface area contributed by atoms with Crippen LogP contribution in [-0.4, -0.2) is 28.7 Å². The molecule has 0 aliphatic rings. The Morgan fingerprint density at radius 2 is 1.72 bits per heavy atom. The number of rotatable bonds is 7. The Kier molecular flexibility index (Phi) is 5.94. The van der Waals surface area contributed by atoms with Crippen molar-refractivity contribution in [2.45, 2.75) is 19.5 Å². The summed E-state index contributed by atoms with van der Waals surface area (Å²) in [5, 5.41) is 13.1. The van der Waals surface area contributed by atoms with Gasteiger partial charge in [0.05, 0.1) is 29.8 Å². The molecule has 3 aromatic carbocycles. The van der Waals surface area contributed by atoms with E-state index >= 15 is 0 Å². The standard InChI is InChI=1S/C26H24N2O4/c1-17(19-8-10-21(11-9-19)26(30)31)27-25(29)23-5-3-4-20-14-15-28(24(20)23)16-18-6-12-22(32-2)13-7-18/h3-15,17H,16H2,1-2H3,(H,27,29)(H,30,31)/t17-/m0/s1. The van der Waals surface area contributed by atoms with E-state index in [0.717, 1.165) is 27.8 Å². The van der Waals surface area contributed by atoms with E-state index in [2.05, 4.69) is 9.88 Å². The maximum atomic E-state index is 13.2. The summed E-state index contributed by atoms with van der Waals surface area (Å²) in [6.45, 7) is 2.51. The molecule has 0 saturated carbocycles. The van der Waals surface area contributed by atoms with Crippen molar-refractivity contribution in [3.63, 3.8) is 0 Å². The number of aromatic nitrogens is 1. The highest BCUT2D eigenvalue weighted by Gasteiger charge is 2.17. The fourth-order valence-corrected chi connectivity index (χ4v) is 3.78. The third kappa shape index (κ3) is 4.34. The molecule has 32 heavy (non-hydrogen) atoms. The number of carbonyl (C=O) groups is 2. The van der Waals surface area contributed by atoms with Crippen molar-refractivity contribution in [3.8, 4) is 5.75 Å². The summed E-state index contributed by atoms with van der Waals surface area (Å²) in [7, 11) is 1.64. The molecule has 0 aliphatic carbocycles. The largest absolute Gasteiger partial charge is 0.497 e. The summed E-state index contributed by atoms with van der Waals surface area (Å²) >= 11 is 0. The molecule has 6 heteroatoms. The Balaban J connectivity index is 1.58. The average molecular weight is 428 g/mol. The molecule has 1 heterocycles. The smallest absolute Gasteiger partial charge is 0.335 e. The van der Waals surface area contributed by atoms with E-state index in [4.69, 9.17) is 9.84 Å². The molecule has 0 aliphatic heterocycles. The monoisotopic (exact) mass is 428 g/mol. The minimum absolute atomic E-state index is 0.180. The molecule has 2 N–H and O–H groups in total. The second-order valence-electron chi connectivity index (χ2n) is 7.66. The fraction of sp³-hybridized carbons (Fsp3) is 0.154. The predicted octanol–water partition coefficient (Wildman–Crippen LogP) is 4.89. The molecule has 4 rings (SSSR count). The van der Waals surface area contributed by atoms with Crippen LogP contribution in [0.2, 0.25) is 0 Å². The summed E-state index contributed by atoms with van der Waals surface area (Å²) in [6, 6.07) is 21.8. The molecule has 1 amide bonds. The van der Waals surface area contributed by atoms with Gasteiger partial charge in [0.15, 0.2) is 0 Å². The van der Waals surface area contributed by atoms with Gasteiger partial charge in [0.1, 0.15) is 5.75 Å². The topological polar surface area (TPSA) is 80.6 Å². The number of carboxylic acid groups (broad SMARTS) is 1. The SMILES string of the molecule is COc1ccc(Cn2ccc3cccc(C(=O)N[C@@H](C)c4ccc(C(=O)O)cc4)c32)cc1. The van der Waals surface area contributed by atoms with Gasteiger partial charge in [-0.05, 0) is 54.4 Å². The zero-order chi connectivity index (χ0) is 22.7. The van der Waals surface area contributed by atoms with E-state index in [-0.39, 0.29) is 17.5 Å². The Morgan fingerprint density at radius 3 is 2.38 bits per heavy atom. The van der Waals surface area contributed by atoms with Crippen molar-refractivity contribution in [2.24, 2.45) is 0 Å². The number of fused-ring (bicyclic) bond motifs is 1. The lowest BCUT2D eigenvalue weighted by molar-refractivity contribution is 0.0696. The van der Waals surface area contributed by atoms with Gasteiger partial charge >= 0.3 is 5.97 Å². The van der Waals surface area contributed by atoms with Crippen LogP contribution >= 0.6 is 0 Å². The number of ether oxygens (including phenoxy) is 1. The van der Waals surface area contributed by atoms with E-state index in [0.29, 0.717) is 12.1 Å². The fourth-order valence-electron chi connectivity index (χ4n) is 3.78. The summed E-state index contributed by atoms with van der Waals surface area (Å²) in [5.74, 6) is -0.353. The summed E-state index contributed by atoms with van der Waals surface area (Å²) in [5.41, 5.74) is 3.62. The summed E-state index contributed by atoms with van der Waals surface area (Å²) in [6.07, 6.45) is 1.99. The Hall–Kier alpha value is -4.06. The first kappa shape index (κ1) is 21.2. The second kappa shape index (κ2) is 8.98. The number of hydrogen-bond donors (Lipinski definition) is 2. The van der Waals surface area contributed by atoms with Crippen molar-refractivity contribution in [3.05, 3.63) is 101 Å². The highest BCUT2D eigenvalue weighted by atomic mass is 16.5. The van der Waals surface area contributed by atoms with Gasteiger partial charge in [0, 0.05) is 18.1 Å². The van der Waals surface area contributed by atoms with Gasteiger partial charge in [0.25, 0.3) is 5.91 Å². The van der Waals surface area contributed by atoms with E-state index in [1.165, 1.54) is 0 Å². The summed E-state index contributed by atoms with van der Waals surface area (Å²) < 4.78 is 7.30. The normalized spacial score (nSPS) is 11.8. The number of nitrogens with zero attached hydrogens (tertiary/aromatic N) is 1. The first-order valence-electron chi connectivity index (χ1n) is 10.3. The third-order valence-electron chi connectivity index (χ3n) is 5.55. The number of amides is 1. The molecule has 4 aromatic rings. The number of hydrogen-bond acceptors (Lipinski definition) is 3. The van der Waals surface area contributed by atoms with Crippen LogP contribution in [0.5, 0.6) is 5.75 Å². The molecule has 0 unspecified atom stereocenters. The van der Waals surface area contributed by atoms with Crippen LogP contribution in [0, 0.1) is 0 Å². The molecule has 0 radical (unpaired) electrons. The Labute approximate surface area is 186 Å². The Morgan fingerprint density at radius 1 is 1.00 bits per heavy atom. The molecule has 0 saturated heterocycles. The zero-order valence-corrected chi connectivity index (χ0v) is 17.9. The number of methoxy groups -OCH3 is 1. The number of nitrogens with one attached hydrogen (secondary N) is 1. The van der Waals surface area contributed by atoms with Gasteiger partial charge in [-0.1, -0.05) is 36.4 Å². The van der Waals surface area contributed by atoms with E-state index < -0.39 is 5.97 Å². The number of benzene rings is 3. The average Bonchev–Trinajstić information content (AvgIpc) is 3.22. The van der Waals surface area contributed by atoms with Crippen LogP contribution in [0.3, 0.4) is 0 Å². The highest BCUT2D eigenvalue weighted by Crippen LogP contribution is 2.23. The van der Waals surface area contributed by atoms with Gasteiger partial charge in [-0.25, -0.2) is 4.79 Å². The second-order valence-corrected chi connectivity index (χ2v) is 7.66. The first-order chi connectivity index (χ1) is 15.5. The number of carboxylic acids is 1. The van der Waals surface area contributed by atoms with Crippen LogP contribution in [-0.2, 0) is 6.54 Å². The molecular weight excluding hydrogens is 404 g/mol. The molecule has 1 atom stereocenters. The molecular formula is C26H24N2O4. The lowest BCUT2D eigenvalue weighted by atomic mass is 10.0. The van der Waals surface area contributed by atoms with E-state index in [9.17, 15) is 9.59 Å². The Bertz CT molecular complexity index is 1260. The molecule has 6 nitrogen and oxygen atoms in total. The molecule has 0 spiro atoms. The van der Waals surface area contributed by atoms with Crippen molar-refractivity contribution in [1.29, 1.82) is 0 Å². The minimum atomic E-state index is -0.975. The maximum Gasteiger partial charge on any atom is 0.335 e. The highest BCUT2D eigenvalue weighted by molar-refractivity contribution is 6.06. The lowest BCUT2D eigenvalue weighted by Crippen LogP contribution is -2.27. The molecule has 1 aromatic heterocycles. The number of aromatic carboxylic acids is 1. The van der Waals surface area contributed by atoms with Crippen molar-refractivity contribution < 1.29 is 19.4 Å². The van der Waals surface area contributed by atoms with E-state index in [1.807, 2.05) is 61.7 Å². The van der Waals surface area contributed by atoms with E-state index in [1.54, 1.807) is 31.4 Å². The van der Waals surface area contributed by atoms with Gasteiger partial charge < -0.3 is 19.7 Å². The maximum absolute atomic E-state index is 13.2. The minimum Gasteiger partial charge on any atom is -0.497 e. The first-order valence-corrected chi connectivity index (χ1v) is 10.3. The molecule has 0 fully saturated rings. The van der Waals surface area contributed by atoms with Crippen LogP contribution < -0.4 is 10.1 Å². The predicted molar refractivity (Wildman–Crippen MR) is 123 cm³/mol. The quantitative estimate of drug-likeness (QED) is 0.439. The van der Waals surface area contributed by atoms with Gasteiger partial charge in [0.2, 0.25) is 0 Å². The molecule has 162 valence electrons. The van der Waals surface area contributed by atoms with Crippen molar-refractivity contribution >= 4 is 22.8 Å². The van der Waals surface area contributed by atoms with Gasteiger partial charge in [-0.2, -0.15) is 0 Å². The van der Waals surface area contributed by atoms with Crippen molar-refractivity contribution in [1.82, 2.24) is 9.88 Å². The third-order valence-corrected chi connectivity index (χ3v) is 5.55. The number of carbonyl (C=O) groups excluding carboxylic acids is 1. The lowest BCUT2D eigenvalue weighted by Gasteiger charge is -2.16. The zero-order valence-electron chi connectivity index (χ0n) is 17.9. The van der Waals surface area contributed by atoms with Crippen LogP contribution in [0.4, 0.5) is 0 Å². The number of para-hydroxylation sites is 1. The molecule has 0 bridgehead atoms. The van der Waals surface area contributed by atoms with Gasteiger partial charge in [-0.15, -0.1) is 0 Å². The van der Waals surface area contributed by atoms with Crippen molar-refractivity contribution in [2.75, 3.05) is 7.11 Å². The van der Waals surface area contributed by atoms with Crippen LogP contribution in [0.1, 0.15) is 44.8 Å².